The molecule has 25 heavy (non-hydrogen) atoms. The second-order valence-electron chi connectivity index (χ2n) is 6.07. The van der Waals surface area contributed by atoms with Gasteiger partial charge < -0.3 is 18.8 Å². The molecule has 0 saturated carbocycles. The molecule has 0 spiro atoms. The van der Waals surface area contributed by atoms with Crippen molar-refractivity contribution in [1.29, 1.82) is 0 Å². The van der Waals surface area contributed by atoms with Crippen molar-refractivity contribution in [3.8, 4) is 0 Å². The third-order valence-corrected chi connectivity index (χ3v) is 4.95. The Morgan fingerprint density at radius 2 is 1.12 bits per heavy atom. The van der Waals surface area contributed by atoms with Crippen LogP contribution in [0.3, 0.4) is 0 Å². The maximum absolute atomic E-state index is 10.7. The molecule has 7 nitrogen and oxygen atoms in total. The lowest BCUT2D eigenvalue weighted by atomic mass is 10.1. The molecule has 0 aromatic carbocycles. The topological polar surface area (TPSA) is 94.5 Å². The molecule has 0 radical (unpaired) electrons. The molecule has 0 fully saturated rings. The van der Waals surface area contributed by atoms with E-state index in [0.717, 1.165) is 38.5 Å². The molecular formula is C16H36O7P2. The largest absolute Gasteiger partial charge is 0.497 e. The third-order valence-electron chi connectivity index (χ3n) is 3.58. The second kappa shape index (κ2) is 17.8. The molecule has 0 saturated heterocycles. The highest BCUT2D eigenvalue weighted by atomic mass is 31.2. The van der Waals surface area contributed by atoms with Gasteiger partial charge in [0.15, 0.2) is 0 Å². The van der Waals surface area contributed by atoms with Gasteiger partial charge in [0.25, 0.3) is 0 Å². The van der Waals surface area contributed by atoms with Crippen LogP contribution < -0.4 is 0 Å². The molecular weight excluding hydrogens is 366 g/mol. The van der Waals surface area contributed by atoms with E-state index in [1.54, 1.807) is 0 Å². The zero-order valence-corrected chi connectivity index (χ0v) is 17.5. The predicted molar refractivity (Wildman–Crippen MR) is 99.8 cm³/mol. The highest BCUT2D eigenvalue weighted by Gasteiger charge is 2.22. The zero-order chi connectivity index (χ0) is 18.8. The average Bonchev–Trinajstić information content (AvgIpc) is 2.56. The smallest absolute Gasteiger partial charge is 0.311 e. The zero-order valence-electron chi connectivity index (χ0n) is 15.7. The lowest BCUT2D eigenvalue weighted by Crippen LogP contribution is -1.99. The maximum atomic E-state index is 10.7. The Hall–Kier alpha value is 0.420. The monoisotopic (exact) mass is 402 g/mol. The Bertz CT molecular complexity index is 308. The van der Waals surface area contributed by atoms with E-state index >= 15 is 0 Å². The summed E-state index contributed by atoms with van der Waals surface area (Å²) in [5.41, 5.74) is 0. The summed E-state index contributed by atoms with van der Waals surface area (Å²) in [7, 11) is -6.60. The first-order valence-electron chi connectivity index (χ1n) is 9.47. The maximum Gasteiger partial charge on any atom is 0.497 e. The number of hydrogen-bond acceptors (Lipinski definition) is 5. The van der Waals surface area contributed by atoms with Gasteiger partial charge in [0.1, 0.15) is 0 Å². The Labute approximate surface area is 153 Å². The van der Waals surface area contributed by atoms with E-state index in [2.05, 4.69) is 23.2 Å². The molecule has 0 rings (SSSR count). The Kier molecular flexibility index (Phi) is 18.1. The first kappa shape index (κ1) is 25.4. The van der Waals surface area contributed by atoms with Crippen molar-refractivity contribution in [3.05, 3.63) is 0 Å². The van der Waals surface area contributed by atoms with Gasteiger partial charge in [-0.2, -0.15) is 0 Å². The van der Waals surface area contributed by atoms with Crippen LogP contribution in [0.2, 0.25) is 0 Å². The summed E-state index contributed by atoms with van der Waals surface area (Å²) >= 11 is 0. The summed E-state index contributed by atoms with van der Waals surface area (Å²) in [6.07, 6.45) is 13.5. The van der Waals surface area contributed by atoms with Crippen LogP contribution in [0, 0.1) is 0 Å². The summed E-state index contributed by atoms with van der Waals surface area (Å²) in [6, 6.07) is 0. The molecule has 0 unspecified atom stereocenters. The molecule has 0 heterocycles. The standard InChI is InChI=1S/C16H36O7P2/c1-3-5-7-9-11-13-15-20-24(22-23-25(17,18)19)21-16-14-12-10-8-6-4-2/h3-16H2,1-2H3,(H2,17,18,19). The lowest BCUT2D eigenvalue weighted by Gasteiger charge is -2.15. The minimum atomic E-state index is -4.70. The van der Waals surface area contributed by atoms with E-state index in [9.17, 15) is 4.57 Å². The van der Waals surface area contributed by atoms with E-state index in [0.29, 0.717) is 13.2 Å². The molecule has 9 heteroatoms. The fourth-order valence-corrected chi connectivity index (χ4v) is 3.48. The van der Waals surface area contributed by atoms with Crippen molar-refractivity contribution in [2.45, 2.75) is 90.9 Å². The SMILES string of the molecule is CCCCCCCCOP(OCCCCCCCC)OOP(=O)(O)O. The van der Waals surface area contributed by atoms with Crippen molar-refractivity contribution in [2.75, 3.05) is 13.2 Å². The van der Waals surface area contributed by atoms with Crippen LogP contribution in [0.15, 0.2) is 0 Å². The quantitative estimate of drug-likeness (QED) is 0.118. The summed E-state index contributed by atoms with van der Waals surface area (Å²) in [4.78, 5) is 17.4. The van der Waals surface area contributed by atoms with Crippen molar-refractivity contribution < 1.29 is 32.7 Å². The van der Waals surface area contributed by atoms with Crippen LogP contribution in [-0.4, -0.2) is 23.0 Å². The van der Waals surface area contributed by atoms with Gasteiger partial charge in [-0.3, -0.25) is 0 Å². The van der Waals surface area contributed by atoms with Gasteiger partial charge in [-0.15, -0.1) is 9.35 Å². The van der Waals surface area contributed by atoms with Crippen molar-refractivity contribution >= 4 is 16.4 Å². The van der Waals surface area contributed by atoms with Crippen LogP contribution in [-0.2, 0) is 23.0 Å². The van der Waals surface area contributed by atoms with Crippen molar-refractivity contribution in [3.63, 3.8) is 0 Å². The van der Waals surface area contributed by atoms with Gasteiger partial charge in [0.05, 0.1) is 13.2 Å². The molecule has 0 aromatic heterocycles. The normalized spacial score (nSPS) is 12.2. The number of phosphoric acid groups is 1. The Balaban J connectivity index is 3.84. The lowest BCUT2D eigenvalue weighted by molar-refractivity contribution is -0.138. The number of unbranched alkanes of at least 4 members (excludes halogenated alkanes) is 10. The van der Waals surface area contributed by atoms with E-state index in [4.69, 9.17) is 18.8 Å². The van der Waals surface area contributed by atoms with Crippen molar-refractivity contribution in [2.24, 2.45) is 0 Å². The molecule has 0 aliphatic heterocycles. The van der Waals surface area contributed by atoms with Gasteiger partial charge in [-0.05, 0) is 12.8 Å². The first-order chi connectivity index (χ1) is 12.0. The van der Waals surface area contributed by atoms with E-state index in [1.165, 1.54) is 38.5 Å². The summed E-state index contributed by atoms with van der Waals surface area (Å²) in [6.45, 7) is 5.21. The number of hydrogen-bond donors (Lipinski definition) is 2. The van der Waals surface area contributed by atoms with Crippen LogP contribution in [0.5, 0.6) is 0 Å². The molecule has 2 N–H and O–H groups in total. The van der Waals surface area contributed by atoms with Gasteiger partial charge in [-0.1, -0.05) is 78.1 Å². The molecule has 0 bridgehead atoms. The van der Waals surface area contributed by atoms with Crippen LogP contribution in [0.1, 0.15) is 90.9 Å². The fraction of sp³-hybridized carbons (Fsp3) is 1.00. The van der Waals surface area contributed by atoms with E-state index in [1.807, 2.05) is 0 Å². The Morgan fingerprint density at radius 1 is 0.720 bits per heavy atom. The van der Waals surface area contributed by atoms with Crippen molar-refractivity contribution in [1.82, 2.24) is 0 Å². The molecule has 0 atom stereocenters. The fourth-order valence-electron chi connectivity index (χ4n) is 2.19. The van der Waals surface area contributed by atoms with E-state index < -0.39 is 16.4 Å². The van der Waals surface area contributed by atoms with Crippen LogP contribution in [0.4, 0.5) is 0 Å². The first-order valence-corrected chi connectivity index (χ1v) is 12.1. The summed E-state index contributed by atoms with van der Waals surface area (Å²) < 4.78 is 30.3. The minimum absolute atomic E-state index is 0.429. The van der Waals surface area contributed by atoms with Crippen LogP contribution in [0.25, 0.3) is 0 Å². The molecule has 0 amide bonds. The average molecular weight is 402 g/mol. The van der Waals surface area contributed by atoms with Gasteiger partial charge in [-0.25, -0.2) is 4.57 Å². The van der Waals surface area contributed by atoms with Gasteiger partial charge in [0, 0.05) is 0 Å². The summed E-state index contributed by atoms with van der Waals surface area (Å²) in [5.74, 6) is 0. The Morgan fingerprint density at radius 3 is 1.52 bits per heavy atom. The molecule has 0 aromatic rings. The van der Waals surface area contributed by atoms with Crippen LogP contribution >= 0.6 is 16.4 Å². The summed E-state index contributed by atoms with van der Waals surface area (Å²) in [5, 5.41) is 0. The van der Waals surface area contributed by atoms with Gasteiger partial charge in [0.2, 0.25) is 0 Å². The molecule has 152 valence electrons. The molecule has 0 aliphatic carbocycles. The molecule has 0 aliphatic rings. The van der Waals surface area contributed by atoms with E-state index in [-0.39, 0.29) is 0 Å². The van der Waals surface area contributed by atoms with Gasteiger partial charge >= 0.3 is 16.4 Å². The second-order valence-corrected chi connectivity index (χ2v) is 8.31. The highest BCUT2D eigenvalue weighted by Crippen LogP contribution is 2.47. The minimum Gasteiger partial charge on any atom is -0.311 e. The highest BCUT2D eigenvalue weighted by molar-refractivity contribution is 7.47. The predicted octanol–water partition coefficient (Wildman–Crippen LogP) is 6.01. The number of rotatable bonds is 19. The third kappa shape index (κ3) is 20.6.